The summed E-state index contributed by atoms with van der Waals surface area (Å²) in [5, 5.41) is 22.8. The molecule has 0 aromatic heterocycles. The van der Waals surface area contributed by atoms with E-state index in [1.165, 1.54) is 0 Å². The molecule has 27 heavy (non-hydrogen) atoms. The number of para-hydroxylation sites is 1. The molecule has 0 spiro atoms. The van der Waals surface area contributed by atoms with Crippen molar-refractivity contribution in [3.63, 3.8) is 0 Å². The van der Waals surface area contributed by atoms with Crippen molar-refractivity contribution in [2.75, 3.05) is 36.5 Å². The van der Waals surface area contributed by atoms with Gasteiger partial charge in [-0.2, -0.15) is 5.26 Å². The second kappa shape index (κ2) is 8.25. The van der Waals surface area contributed by atoms with E-state index in [1.54, 1.807) is 18.2 Å². The first-order chi connectivity index (χ1) is 13.1. The van der Waals surface area contributed by atoms with Gasteiger partial charge in [0, 0.05) is 13.1 Å². The fraction of sp³-hybridized carbons (Fsp3) is 0.200. The first-order valence-corrected chi connectivity index (χ1v) is 8.43. The monoisotopic (exact) mass is 365 g/mol. The third-order valence-electron chi connectivity index (χ3n) is 4.10. The molecule has 1 aliphatic heterocycles. The summed E-state index contributed by atoms with van der Waals surface area (Å²) in [6, 6.07) is 12.5. The predicted octanol–water partition coefficient (Wildman–Crippen LogP) is 3.02. The molecule has 1 fully saturated rings. The van der Waals surface area contributed by atoms with E-state index in [9.17, 15) is 15.2 Å². The van der Waals surface area contributed by atoms with Gasteiger partial charge in [-0.25, -0.2) is 0 Å². The molecule has 2 aromatic carbocycles. The molecular formula is C20H19N3O4. The van der Waals surface area contributed by atoms with Crippen LogP contribution >= 0.6 is 0 Å². The van der Waals surface area contributed by atoms with E-state index in [0.717, 1.165) is 6.08 Å². The second-order valence-electron chi connectivity index (χ2n) is 5.82. The van der Waals surface area contributed by atoms with Crippen molar-refractivity contribution in [1.29, 1.82) is 5.26 Å². The van der Waals surface area contributed by atoms with Crippen molar-refractivity contribution in [1.82, 2.24) is 0 Å². The number of nitrogens with one attached hydrogen (secondary N) is 1. The van der Waals surface area contributed by atoms with E-state index in [1.807, 2.05) is 29.2 Å². The molecule has 0 unspecified atom stereocenters. The molecular weight excluding hydrogens is 346 g/mol. The number of carbonyl (C=O) groups excluding carboxylic acids is 1. The van der Waals surface area contributed by atoms with E-state index in [0.29, 0.717) is 37.7 Å². The number of phenols is 1. The summed E-state index contributed by atoms with van der Waals surface area (Å²) in [7, 11) is 0. The Morgan fingerprint density at radius 2 is 2.04 bits per heavy atom. The summed E-state index contributed by atoms with van der Waals surface area (Å²) in [5.74, 6) is -0.120. The molecule has 138 valence electrons. The molecule has 0 radical (unpaired) electrons. The maximum Gasteiger partial charge on any atom is 0.247 e. The highest BCUT2D eigenvalue weighted by Gasteiger charge is 2.25. The summed E-state index contributed by atoms with van der Waals surface area (Å²) in [4.78, 5) is 13.7. The van der Waals surface area contributed by atoms with Crippen LogP contribution in [0.15, 0.2) is 49.1 Å². The first kappa shape index (κ1) is 18.3. The van der Waals surface area contributed by atoms with Gasteiger partial charge in [-0.15, -0.1) is 0 Å². The Bertz CT molecular complexity index is 884. The quantitative estimate of drug-likeness (QED) is 0.791. The van der Waals surface area contributed by atoms with Crippen molar-refractivity contribution >= 4 is 17.3 Å². The minimum absolute atomic E-state index is 0.0758. The summed E-state index contributed by atoms with van der Waals surface area (Å²) in [6.07, 6.45) is 1.10. The first-order valence-electron chi connectivity index (χ1n) is 8.43. The Kier molecular flexibility index (Phi) is 5.59. The lowest BCUT2D eigenvalue weighted by atomic mass is 10.1. The van der Waals surface area contributed by atoms with Gasteiger partial charge in [-0.1, -0.05) is 24.8 Å². The number of morpholine rings is 1. The number of amides is 1. The normalized spacial score (nSPS) is 13.5. The largest absolute Gasteiger partial charge is 0.503 e. The van der Waals surface area contributed by atoms with Crippen molar-refractivity contribution in [3.8, 4) is 23.3 Å². The van der Waals surface area contributed by atoms with Gasteiger partial charge in [0.25, 0.3) is 0 Å². The number of rotatable bonds is 5. The molecule has 0 atom stereocenters. The van der Waals surface area contributed by atoms with E-state index in [2.05, 4.69) is 11.9 Å². The third kappa shape index (κ3) is 4.02. The van der Waals surface area contributed by atoms with Gasteiger partial charge in [0.2, 0.25) is 5.91 Å². The fourth-order valence-corrected chi connectivity index (χ4v) is 2.78. The molecule has 0 saturated carbocycles. The molecule has 1 aliphatic rings. The van der Waals surface area contributed by atoms with Gasteiger partial charge in [0.05, 0.1) is 24.6 Å². The minimum atomic E-state index is -0.476. The zero-order valence-electron chi connectivity index (χ0n) is 14.6. The molecule has 7 heteroatoms. The number of nitriles is 1. The van der Waals surface area contributed by atoms with Crippen LogP contribution in [0.4, 0.5) is 11.4 Å². The summed E-state index contributed by atoms with van der Waals surface area (Å²) >= 11 is 0. The van der Waals surface area contributed by atoms with Gasteiger partial charge in [-0.05, 0) is 24.3 Å². The molecule has 1 heterocycles. The minimum Gasteiger partial charge on any atom is -0.503 e. The predicted molar refractivity (Wildman–Crippen MR) is 101 cm³/mol. The molecule has 7 nitrogen and oxygen atoms in total. The zero-order chi connectivity index (χ0) is 19.2. The van der Waals surface area contributed by atoms with Crippen LogP contribution in [0.3, 0.4) is 0 Å². The smallest absolute Gasteiger partial charge is 0.247 e. The van der Waals surface area contributed by atoms with E-state index < -0.39 is 5.91 Å². The SMILES string of the molecule is C=CC(=O)Nc1cc(N2CCOCC2)c(Oc2ccccc2)c(O)c1C#N. The zero-order valence-corrected chi connectivity index (χ0v) is 14.6. The highest BCUT2D eigenvalue weighted by molar-refractivity contribution is 6.01. The summed E-state index contributed by atoms with van der Waals surface area (Å²) in [5.41, 5.74) is 0.688. The number of nitrogens with zero attached hydrogens (tertiary/aromatic N) is 2. The topological polar surface area (TPSA) is 94.8 Å². The number of phenolic OH excluding ortho intramolecular Hbond substituents is 1. The molecule has 1 saturated heterocycles. The number of carbonyl (C=O) groups is 1. The molecule has 3 rings (SSSR count). The van der Waals surface area contributed by atoms with Crippen molar-refractivity contribution < 1.29 is 19.4 Å². The Balaban J connectivity index is 2.12. The van der Waals surface area contributed by atoms with Gasteiger partial charge in [-0.3, -0.25) is 4.79 Å². The lowest BCUT2D eigenvalue weighted by molar-refractivity contribution is -0.111. The Morgan fingerprint density at radius 3 is 2.67 bits per heavy atom. The van der Waals surface area contributed by atoms with Crippen molar-refractivity contribution in [2.45, 2.75) is 0 Å². The standard InChI is InChI=1S/C20H19N3O4/c1-2-18(24)22-16-12-17(23-8-10-26-11-9-23)20(19(25)15(16)13-21)27-14-6-4-3-5-7-14/h2-7,12,25H,1,8-11H2,(H,22,24). The molecule has 2 N–H and O–H groups in total. The Hall–Kier alpha value is -3.50. The van der Waals surface area contributed by atoms with Crippen molar-refractivity contribution in [3.05, 3.63) is 54.6 Å². The number of ether oxygens (including phenoxy) is 2. The lowest BCUT2D eigenvalue weighted by Crippen LogP contribution is -2.36. The van der Waals surface area contributed by atoms with Gasteiger partial charge in [0.1, 0.15) is 17.4 Å². The number of aromatic hydroxyl groups is 1. The summed E-state index contributed by atoms with van der Waals surface area (Å²) in [6.45, 7) is 5.64. The van der Waals surface area contributed by atoms with E-state index in [4.69, 9.17) is 9.47 Å². The van der Waals surface area contributed by atoms with Crippen LogP contribution in [0.1, 0.15) is 5.56 Å². The van der Waals surface area contributed by atoms with Gasteiger partial charge >= 0.3 is 0 Å². The van der Waals surface area contributed by atoms with Crippen LogP contribution in [0.2, 0.25) is 0 Å². The highest BCUT2D eigenvalue weighted by atomic mass is 16.5. The van der Waals surface area contributed by atoms with Crippen LogP contribution in [-0.4, -0.2) is 37.3 Å². The van der Waals surface area contributed by atoms with Crippen LogP contribution in [-0.2, 0) is 9.53 Å². The Morgan fingerprint density at radius 1 is 1.33 bits per heavy atom. The lowest BCUT2D eigenvalue weighted by Gasteiger charge is -2.31. The van der Waals surface area contributed by atoms with Crippen LogP contribution in [0, 0.1) is 11.3 Å². The van der Waals surface area contributed by atoms with E-state index in [-0.39, 0.29) is 22.7 Å². The van der Waals surface area contributed by atoms with Gasteiger partial charge < -0.3 is 24.8 Å². The number of benzene rings is 2. The summed E-state index contributed by atoms with van der Waals surface area (Å²) < 4.78 is 11.3. The average molecular weight is 365 g/mol. The van der Waals surface area contributed by atoms with Crippen molar-refractivity contribution in [2.24, 2.45) is 0 Å². The fourth-order valence-electron chi connectivity index (χ4n) is 2.78. The maximum absolute atomic E-state index is 11.7. The van der Waals surface area contributed by atoms with E-state index >= 15 is 0 Å². The van der Waals surface area contributed by atoms with Crippen LogP contribution < -0.4 is 15.0 Å². The molecule has 1 amide bonds. The number of hydrogen-bond donors (Lipinski definition) is 2. The maximum atomic E-state index is 11.7. The second-order valence-corrected chi connectivity index (χ2v) is 5.82. The van der Waals surface area contributed by atoms with Crippen LogP contribution in [0.25, 0.3) is 0 Å². The Labute approximate surface area is 157 Å². The number of hydrogen-bond acceptors (Lipinski definition) is 6. The molecule has 2 aromatic rings. The molecule has 0 aliphatic carbocycles. The third-order valence-corrected chi connectivity index (χ3v) is 4.10. The van der Waals surface area contributed by atoms with Gasteiger partial charge in [0.15, 0.2) is 11.5 Å². The van der Waals surface area contributed by atoms with Crippen LogP contribution in [0.5, 0.6) is 17.2 Å². The average Bonchev–Trinajstić information content (AvgIpc) is 2.71. The highest BCUT2D eigenvalue weighted by Crippen LogP contribution is 2.45. The molecule has 0 bridgehead atoms. The number of anilines is 2.